The molecule has 29 heavy (non-hydrogen) atoms. The molecule has 1 aromatic carbocycles. The molecule has 2 unspecified atom stereocenters. The SMILES string of the molecule is CC(=O)c1ccc(OCC(O)CNC(C)(C)C)cc1OCC(O)CNC(C)(C)C. The molecule has 0 saturated carbocycles. The van der Waals surface area contributed by atoms with Crippen LogP contribution in [-0.2, 0) is 0 Å². The van der Waals surface area contributed by atoms with Gasteiger partial charge in [0.25, 0.3) is 0 Å². The van der Waals surface area contributed by atoms with Gasteiger partial charge >= 0.3 is 0 Å². The van der Waals surface area contributed by atoms with E-state index in [9.17, 15) is 15.0 Å². The first-order valence-corrected chi connectivity index (χ1v) is 10.0. The van der Waals surface area contributed by atoms with Gasteiger partial charge in [-0.05, 0) is 60.6 Å². The number of hydrogen-bond donors (Lipinski definition) is 4. The Morgan fingerprint density at radius 3 is 1.86 bits per heavy atom. The van der Waals surface area contributed by atoms with Crippen molar-refractivity contribution >= 4 is 5.78 Å². The number of nitrogens with one attached hydrogen (secondary N) is 2. The summed E-state index contributed by atoms with van der Waals surface area (Å²) in [5.41, 5.74) is 0.221. The molecule has 7 heteroatoms. The minimum atomic E-state index is -0.719. The van der Waals surface area contributed by atoms with Gasteiger partial charge in [-0.15, -0.1) is 0 Å². The summed E-state index contributed by atoms with van der Waals surface area (Å²) >= 11 is 0. The Morgan fingerprint density at radius 1 is 0.931 bits per heavy atom. The van der Waals surface area contributed by atoms with Crippen LogP contribution in [0.25, 0.3) is 0 Å². The maximum absolute atomic E-state index is 11.9. The molecule has 0 bridgehead atoms. The van der Waals surface area contributed by atoms with E-state index in [4.69, 9.17) is 9.47 Å². The third kappa shape index (κ3) is 11.2. The lowest BCUT2D eigenvalue weighted by molar-refractivity contribution is 0.0933. The highest BCUT2D eigenvalue weighted by Gasteiger charge is 2.16. The molecule has 0 fully saturated rings. The van der Waals surface area contributed by atoms with Gasteiger partial charge in [0.05, 0.1) is 5.56 Å². The molecule has 4 N–H and O–H groups in total. The molecule has 0 radical (unpaired) electrons. The van der Waals surface area contributed by atoms with Gasteiger partial charge in [0, 0.05) is 30.2 Å². The van der Waals surface area contributed by atoms with E-state index in [-0.39, 0.29) is 30.1 Å². The third-order valence-corrected chi connectivity index (χ3v) is 3.94. The zero-order valence-corrected chi connectivity index (χ0v) is 18.8. The van der Waals surface area contributed by atoms with E-state index < -0.39 is 12.2 Å². The summed E-state index contributed by atoms with van der Waals surface area (Å²) in [5, 5.41) is 26.6. The summed E-state index contributed by atoms with van der Waals surface area (Å²) in [7, 11) is 0. The molecule has 0 saturated heterocycles. The van der Waals surface area contributed by atoms with Gasteiger partial charge in [0.2, 0.25) is 0 Å². The molecule has 0 heterocycles. The Balaban J connectivity index is 2.68. The Labute approximate surface area is 174 Å². The first-order chi connectivity index (χ1) is 13.3. The van der Waals surface area contributed by atoms with Crippen LogP contribution in [0, 0.1) is 0 Å². The predicted octanol–water partition coefficient (Wildman–Crippen LogP) is 2.14. The van der Waals surface area contributed by atoms with Crippen LogP contribution in [0.3, 0.4) is 0 Å². The van der Waals surface area contributed by atoms with Gasteiger partial charge in [0.1, 0.15) is 36.9 Å². The van der Waals surface area contributed by atoms with E-state index in [1.165, 1.54) is 6.92 Å². The number of benzene rings is 1. The second kappa shape index (κ2) is 10.9. The van der Waals surface area contributed by atoms with Crippen molar-refractivity contribution in [2.24, 2.45) is 0 Å². The highest BCUT2D eigenvalue weighted by molar-refractivity contribution is 5.97. The molecule has 1 aromatic rings. The lowest BCUT2D eigenvalue weighted by Gasteiger charge is -2.23. The molecule has 0 aliphatic heterocycles. The van der Waals surface area contributed by atoms with Gasteiger partial charge in [-0.1, -0.05) is 0 Å². The molecule has 7 nitrogen and oxygen atoms in total. The van der Waals surface area contributed by atoms with Crippen molar-refractivity contribution in [3.05, 3.63) is 23.8 Å². The van der Waals surface area contributed by atoms with Crippen molar-refractivity contribution in [3.8, 4) is 11.5 Å². The maximum Gasteiger partial charge on any atom is 0.163 e. The van der Waals surface area contributed by atoms with Crippen molar-refractivity contribution in [2.45, 2.75) is 71.8 Å². The fourth-order valence-corrected chi connectivity index (χ4v) is 2.35. The van der Waals surface area contributed by atoms with Crippen LogP contribution in [0.2, 0.25) is 0 Å². The lowest BCUT2D eigenvalue weighted by atomic mass is 10.1. The van der Waals surface area contributed by atoms with Crippen LogP contribution in [0.15, 0.2) is 18.2 Å². The largest absolute Gasteiger partial charge is 0.491 e. The van der Waals surface area contributed by atoms with Crippen molar-refractivity contribution in [1.82, 2.24) is 10.6 Å². The first kappa shape index (κ1) is 25.4. The van der Waals surface area contributed by atoms with E-state index in [0.29, 0.717) is 30.2 Å². The second-order valence-corrected chi connectivity index (χ2v) is 9.41. The summed E-state index contributed by atoms with van der Waals surface area (Å²) in [6, 6.07) is 4.92. The number of Topliss-reactive ketones (excluding diaryl/α,β-unsaturated/α-hetero) is 1. The summed E-state index contributed by atoms with van der Waals surface area (Å²) in [4.78, 5) is 11.9. The minimum absolute atomic E-state index is 0.0466. The van der Waals surface area contributed by atoms with E-state index in [1.807, 2.05) is 41.5 Å². The molecule has 0 spiro atoms. The summed E-state index contributed by atoms with van der Waals surface area (Å²) in [6.45, 7) is 14.5. The van der Waals surface area contributed by atoms with Crippen LogP contribution in [0.5, 0.6) is 11.5 Å². The van der Waals surface area contributed by atoms with E-state index in [1.54, 1.807) is 18.2 Å². The Bertz CT molecular complexity index is 650. The van der Waals surface area contributed by atoms with Crippen LogP contribution in [0.1, 0.15) is 58.8 Å². The maximum atomic E-state index is 11.9. The number of aliphatic hydroxyl groups excluding tert-OH is 2. The number of carbonyl (C=O) groups is 1. The van der Waals surface area contributed by atoms with E-state index in [0.717, 1.165) is 0 Å². The van der Waals surface area contributed by atoms with Gasteiger partial charge in [-0.3, -0.25) is 4.79 Å². The number of rotatable bonds is 11. The lowest BCUT2D eigenvalue weighted by Crippen LogP contribution is -2.42. The highest BCUT2D eigenvalue weighted by atomic mass is 16.5. The zero-order chi connectivity index (χ0) is 22.2. The second-order valence-electron chi connectivity index (χ2n) is 9.41. The van der Waals surface area contributed by atoms with Crippen LogP contribution in [0.4, 0.5) is 0 Å². The van der Waals surface area contributed by atoms with Crippen LogP contribution >= 0.6 is 0 Å². The number of aliphatic hydroxyl groups is 2. The normalized spacial score (nSPS) is 14.4. The minimum Gasteiger partial charge on any atom is -0.491 e. The Morgan fingerprint density at radius 2 is 1.41 bits per heavy atom. The van der Waals surface area contributed by atoms with Gasteiger partial charge < -0.3 is 30.3 Å². The standard InChI is InChI=1S/C22H38N2O5/c1-15(25)19-9-8-18(28-13-16(26)11-23-21(2,3)4)10-20(19)29-14-17(27)12-24-22(5,6)7/h8-10,16-17,23-24,26-27H,11-14H2,1-7H3. The van der Waals surface area contributed by atoms with E-state index >= 15 is 0 Å². The smallest absolute Gasteiger partial charge is 0.163 e. The van der Waals surface area contributed by atoms with Gasteiger partial charge in [0.15, 0.2) is 5.78 Å². The molecule has 166 valence electrons. The zero-order valence-electron chi connectivity index (χ0n) is 18.8. The fourth-order valence-electron chi connectivity index (χ4n) is 2.35. The molecule has 2 atom stereocenters. The fraction of sp³-hybridized carbons (Fsp3) is 0.682. The predicted molar refractivity (Wildman–Crippen MR) is 115 cm³/mol. The number of ether oxygens (including phenoxy) is 2. The summed E-state index contributed by atoms with van der Waals surface area (Å²) in [5.74, 6) is 0.706. The highest BCUT2D eigenvalue weighted by Crippen LogP contribution is 2.26. The molecule has 0 aliphatic rings. The number of β-amino-alcohol motifs (C(OH)–C–C–N with tert-alkyl or cyclic N) is 2. The van der Waals surface area contributed by atoms with Gasteiger partial charge in [-0.25, -0.2) is 0 Å². The van der Waals surface area contributed by atoms with Crippen LogP contribution in [-0.4, -0.2) is 65.6 Å². The Kier molecular flexibility index (Phi) is 9.55. The van der Waals surface area contributed by atoms with Crippen molar-refractivity contribution in [3.63, 3.8) is 0 Å². The number of carbonyl (C=O) groups excluding carboxylic acids is 1. The molecule has 1 rings (SSSR count). The molecule has 0 aromatic heterocycles. The van der Waals surface area contributed by atoms with Gasteiger partial charge in [-0.2, -0.15) is 0 Å². The van der Waals surface area contributed by atoms with Crippen molar-refractivity contribution in [2.75, 3.05) is 26.3 Å². The first-order valence-electron chi connectivity index (χ1n) is 10.0. The topological polar surface area (TPSA) is 100 Å². The van der Waals surface area contributed by atoms with Crippen LogP contribution < -0.4 is 20.1 Å². The molecule has 0 aliphatic carbocycles. The van der Waals surface area contributed by atoms with Crippen molar-refractivity contribution in [1.29, 1.82) is 0 Å². The summed E-state index contributed by atoms with van der Waals surface area (Å²) in [6.07, 6.45) is -1.39. The average Bonchev–Trinajstić information content (AvgIpc) is 2.59. The van der Waals surface area contributed by atoms with Crippen molar-refractivity contribution < 1.29 is 24.5 Å². The average molecular weight is 411 g/mol. The molecular formula is C22H38N2O5. The number of hydrogen-bond acceptors (Lipinski definition) is 7. The monoisotopic (exact) mass is 410 g/mol. The van der Waals surface area contributed by atoms with E-state index in [2.05, 4.69) is 10.6 Å². The summed E-state index contributed by atoms with van der Waals surface area (Å²) < 4.78 is 11.4. The quantitative estimate of drug-likeness (QED) is 0.415. The number of ketones is 1. The molecule has 0 amide bonds. The third-order valence-electron chi connectivity index (χ3n) is 3.94. The Hall–Kier alpha value is -1.67. The molecular weight excluding hydrogens is 372 g/mol.